The zero-order valence-corrected chi connectivity index (χ0v) is 12.7. The van der Waals surface area contributed by atoms with Gasteiger partial charge in [0.1, 0.15) is 5.75 Å². The summed E-state index contributed by atoms with van der Waals surface area (Å²) in [6.45, 7) is 2.78. The molecule has 2 rings (SSSR count). The number of nitrogens with one attached hydrogen (secondary N) is 1. The Morgan fingerprint density at radius 1 is 1.15 bits per heavy atom. The van der Waals surface area contributed by atoms with Crippen LogP contribution in [0.25, 0.3) is 0 Å². The zero-order chi connectivity index (χ0) is 14.4. The second-order valence-corrected chi connectivity index (χ2v) is 5.38. The highest BCUT2D eigenvalue weighted by atomic mass is 32.2. The Morgan fingerprint density at radius 3 is 2.75 bits per heavy atom. The molecule has 0 amide bonds. The molecule has 0 atom stereocenters. The van der Waals surface area contributed by atoms with E-state index in [-0.39, 0.29) is 0 Å². The Balaban J connectivity index is 2.17. The predicted molar refractivity (Wildman–Crippen MR) is 88.1 cm³/mol. The molecule has 0 saturated heterocycles. The monoisotopic (exact) mass is 288 g/mol. The number of nitrogens with two attached hydrogens (primary N) is 1. The normalized spacial score (nSPS) is 10.3. The number of thioether (sulfide) groups is 1. The molecule has 20 heavy (non-hydrogen) atoms. The largest absolute Gasteiger partial charge is 0.493 e. The number of rotatable bonds is 6. The van der Waals surface area contributed by atoms with Gasteiger partial charge in [-0.15, -0.1) is 11.8 Å². The van der Waals surface area contributed by atoms with Crippen LogP contribution in [0.3, 0.4) is 0 Å². The SMILES string of the molecule is CCCOc1cc(N)cc(Nc2cccc(SC)c2)c1. The molecule has 3 N–H and O–H groups in total. The van der Waals surface area contributed by atoms with E-state index >= 15 is 0 Å². The van der Waals surface area contributed by atoms with Crippen molar-refractivity contribution in [2.24, 2.45) is 0 Å². The number of hydrogen-bond donors (Lipinski definition) is 2. The summed E-state index contributed by atoms with van der Waals surface area (Å²) in [6.07, 6.45) is 3.05. The summed E-state index contributed by atoms with van der Waals surface area (Å²) in [4.78, 5) is 1.22. The molecule has 0 heterocycles. The van der Waals surface area contributed by atoms with Crippen LogP contribution in [0.5, 0.6) is 5.75 Å². The van der Waals surface area contributed by atoms with Crippen LogP contribution in [-0.4, -0.2) is 12.9 Å². The summed E-state index contributed by atoms with van der Waals surface area (Å²) in [5, 5.41) is 3.36. The topological polar surface area (TPSA) is 47.3 Å². The Morgan fingerprint density at radius 2 is 2.00 bits per heavy atom. The zero-order valence-electron chi connectivity index (χ0n) is 11.8. The first kappa shape index (κ1) is 14.6. The van der Waals surface area contributed by atoms with Crippen molar-refractivity contribution in [2.75, 3.05) is 23.9 Å². The third-order valence-corrected chi connectivity index (χ3v) is 3.49. The average molecular weight is 288 g/mol. The highest BCUT2D eigenvalue weighted by Gasteiger charge is 2.01. The van der Waals surface area contributed by atoms with Crippen molar-refractivity contribution in [3.05, 3.63) is 42.5 Å². The molecular weight excluding hydrogens is 268 g/mol. The molecule has 2 aromatic rings. The van der Waals surface area contributed by atoms with Crippen molar-refractivity contribution >= 4 is 28.8 Å². The molecule has 0 saturated carbocycles. The van der Waals surface area contributed by atoms with E-state index in [0.717, 1.165) is 23.5 Å². The fraction of sp³-hybridized carbons (Fsp3) is 0.250. The summed E-state index contributed by atoms with van der Waals surface area (Å²) in [5.41, 5.74) is 8.60. The lowest BCUT2D eigenvalue weighted by Crippen LogP contribution is -1.98. The van der Waals surface area contributed by atoms with Gasteiger partial charge >= 0.3 is 0 Å². The van der Waals surface area contributed by atoms with E-state index in [2.05, 4.69) is 30.6 Å². The molecule has 0 radical (unpaired) electrons. The second-order valence-electron chi connectivity index (χ2n) is 4.50. The summed E-state index contributed by atoms with van der Waals surface area (Å²) in [6, 6.07) is 14.0. The lowest BCUT2D eigenvalue weighted by molar-refractivity contribution is 0.318. The molecule has 0 aliphatic carbocycles. The van der Waals surface area contributed by atoms with Crippen molar-refractivity contribution in [3.63, 3.8) is 0 Å². The van der Waals surface area contributed by atoms with Gasteiger partial charge in [0.25, 0.3) is 0 Å². The van der Waals surface area contributed by atoms with Crippen LogP contribution in [0, 0.1) is 0 Å². The maximum absolute atomic E-state index is 5.92. The molecule has 0 aliphatic heterocycles. The van der Waals surface area contributed by atoms with Gasteiger partial charge in [0.15, 0.2) is 0 Å². The number of nitrogen functional groups attached to an aromatic ring is 1. The van der Waals surface area contributed by atoms with Crippen molar-refractivity contribution in [1.29, 1.82) is 0 Å². The molecule has 0 bridgehead atoms. The highest BCUT2D eigenvalue weighted by molar-refractivity contribution is 7.98. The maximum atomic E-state index is 5.92. The van der Waals surface area contributed by atoms with Crippen LogP contribution in [-0.2, 0) is 0 Å². The van der Waals surface area contributed by atoms with Crippen LogP contribution in [0.4, 0.5) is 17.1 Å². The van der Waals surface area contributed by atoms with Gasteiger partial charge in [-0.3, -0.25) is 0 Å². The fourth-order valence-electron chi connectivity index (χ4n) is 1.86. The van der Waals surface area contributed by atoms with E-state index in [1.807, 2.05) is 30.3 Å². The van der Waals surface area contributed by atoms with Crippen molar-refractivity contribution < 1.29 is 4.74 Å². The van der Waals surface area contributed by atoms with Gasteiger partial charge < -0.3 is 15.8 Å². The molecular formula is C16H20N2OS. The first-order valence-electron chi connectivity index (χ1n) is 6.65. The van der Waals surface area contributed by atoms with Crippen molar-refractivity contribution in [3.8, 4) is 5.75 Å². The molecule has 0 fully saturated rings. The first-order chi connectivity index (χ1) is 9.71. The van der Waals surface area contributed by atoms with E-state index in [1.165, 1.54) is 4.90 Å². The number of hydrogen-bond acceptors (Lipinski definition) is 4. The Bertz CT molecular complexity index is 572. The standard InChI is InChI=1S/C16H20N2OS/c1-3-7-19-15-9-12(17)8-14(10-15)18-13-5-4-6-16(11-13)20-2/h4-6,8-11,18H,3,7,17H2,1-2H3. The minimum absolute atomic E-state index is 0.696. The van der Waals surface area contributed by atoms with Gasteiger partial charge in [-0.1, -0.05) is 13.0 Å². The second kappa shape index (κ2) is 7.10. The summed E-state index contributed by atoms with van der Waals surface area (Å²) >= 11 is 1.72. The molecule has 0 unspecified atom stereocenters. The summed E-state index contributed by atoms with van der Waals surface area (Å²) in [7, 11) is 0. The third kappa shape index (κ3) is 4.10. The van der Waals surface area contributed by atoms with Crippen LogP contribution in [0.1, 0.15) is 13.3 Å². The molecule has 0 aliphatic rings. The van der Waals surface area contributed by atoms with Gasteiger partial charge in [-0.05, 0) is 36.9 Å². The van der Waals surface area contributed by atoms with Gasteiger partial charge in [0.05, 0.1) is 6.61 Å². The number of benzene rings is 2. The van der Waals surface area contributed by atoms with Crippen LogP contribution < -0.4 is 15.8 Å². The summed E-state index contributed by atoms with van der Waals surface area (Å²) in [5.74, 6) is 0.801. The lowest BCUT2D eigenvalue weighted by Gasteiger charge is -2.11. The highest BCUT2D eigenvalue weighted by Crippen LogP contribution is 2.27. The summed E-state index contributed by atoms with van der Waals surface area (Å²) < 4.78 is 5.64. The third-order valence-electron chi connectivity index (χ3n) is 2.76. The quantitative estimate of drug-likeness (QED) is 0.606. The van der Waals surface area contributed by atoms with Gasteiger partial charge in [-0.2, -0.15) is 0 Å². The van der Waals surface area contributed by atoms with Gasteiger partial charge in [0, 0.05) is 34.1 Å². The lowest BCUT2D eigenvalue weighted by atomic mass is 10.2. The van der Waals surface area contributed by atoms with E-state index in [1.54, 1.807) is 11.8 Å². The number of ether oxygens (including phenoxy) is 1. The smallest absolute Gasteiger partial charge is 0.123 e. The Kier molecular flexibility index (Phi) is 5.18. The number of anilines is 3. The van der Waals surface area contributed by atoms with Gasteiger partial charge in [0.2, 0.25) is 0 Å². The predicted octanol–water partition coefficient (Wildman–Crippen LogP) is 4.52. The fourth-order valence-corrected chi connectivity index (χ4v) is 2.32. The van der Waals surface area contributed by atoms with Gasteiger partial charge in [-0.25, -0.2) is 0 Å². The molecule has 106 valence electrons. The Hall–Kier alpha value is -1.81. The average Bonchev–Trinajstić information content (AvgIpc) is 2.44. The van der Waals surface area contributed by atoms with Crippen LogP contribution in [0.15, 0.2) is 47.4 Å². The van der Waals surface area contributed by atoms with E-state index in [0.29, 0.717) is 12.3 Å². The minimum atomic E-state index is 0.696. The van der Waals surface area contributed by atoms with E-state index in [9.17, 15) is 0 Å². The van der Waals surface area contributed by atoms with Crippen molar-refractivity contribution in [2.45, 2.75) is 18.2 Å². The van der Waals surface area contributed by atoms with E-state index in [4.69, 9.17) is 10.5 Å². The Labute approximate surface area is 124 Å². The molecule has 0 aromatic heterocycles. The van der Waals surface area contributed by atoms with Crippen molar-refractivity contribution in [1.82, 2.24) is 0 Å². The molecule has 3 nitrogen and oxygen atoms in total. The maximum Gasteiger partial charge on any atom is 0.123 e. The minimum Gasteiger partial charge on any atom is -0.493 e. The van der Waals surface area contributed by atoms with E-state index < -0.39 is 0 Å². The first-order valence-corrected chi connectivity index (χ1v) is 7.88. The molecule has 0 spiro atoms. The molecule has 4 heteroatoms. The van der Waals surface area contributed by atoms with Crippen LogP contribution >= 0.6 is 11.8 Å². The molecule has 2 aromatic carbocycles. The van der Waals surface area contributed by atoms with Crippen LogP contribution in [0.2, 0.25) is 0 Å².